The van der Waals surface area contributed by atoms with Gasteiger partial charge in [0.05, 0.1) is 11.4 Å². The first-order chi connectivity index (χ1) is 10.2. The first-order valence-corrected chi connectivity index (χ1v) is 7.52. The van der Waals surface area contributed by atoms with Crippen molar-refractivity contribution in [2.75, 3.05) is 6.26 Å². The zero-order valence-corrected chi connectivity index (χ0v) is 12.5. The Labute approximate surface area is 126 Å². The summed E-state index contributed by atoms with van der Waals surface area (Å²) in [6.07, 6.45) is 7.67. The highest BCUT2D eigenvalue weighted by Crippen LogP contribution is 2.22. The van der Waals surface area contributed by atoms with Gasteiger partial charge in [-0.1, -0.05) is 18.7 Å². The highest BCUT2D eigenvalue weighted by molar-refractivity contribution is 8.13. The third kappa shape index (κ3) is 3.41. The smallest absolute Gasteiger partial charge is 0.183 e. The van der Waals surface area contributed by atoms with Crippen molar-refractivity contribution < 1.29 is 4.39 Å². The number of hydrogen-bond donors (Lipinski definition) is 1. The highest BCUT2D eigenvalue weighted by atomic mass is 32.2. The number of hydrogen-bond acceptors (Lipinski definition) is 4. The molecule has 0 fully saturated rings. The van der Waals surface area contributed by atoms with Gasteiger partial charge in [-0.25, -0.2) is 14.4 Å². The molecule has 7 heteroatoms. The lowest BCUT2D eigenvalue weighted by atomic mass is 10.2. The van der Waals surface area contributed by atoms with Crippen molar-refractivity contribution >= 4 is 22.6 Å². The van der Waals surface area contributed by atoms with Crippen LogP contribution in [0.25, 0.3) is 5.69 Å². The molecular formula is C14H14FN5S. The fourth-order valence-corrected chi connectivity index (χ4v) is 2.21. The van der Waals surface area contributed by atoms with E-state index in [0.717, 1.165) is 12.2 Å². The second-order valence-electron chi connectivity index (χ2n) is 4.06. The molecule has 0 aliphatic heterocycles. The number of nitriles is 1. The summed E-state index contributed by atoms with van der Waals surface area (Å²) in [5.74, 6) is 0.405. The highest BCUT2D eigenvalue weighted by Gasteiger charge is 2.09. The van der Waals surface area contributed by atoms with Gasteiger partial charge in [0.15, 0.2) is 11.4 Å². The van der Waals surface area contributed by atoms with Crippen LogP contribution in [0, 0.1) is 17.3 Å². The van der Waals surface area contributed by atoms with Crippen molar-refractivity contribution in [2.45, 2.75) is 13.3 Å². The summed E-state index contributed by atoms with van der Waals surface area (Å²) in [5.41, 5.74) is 0.878. The van der Waals surface area contributed by atoms with E-state index >= 15 is 0 Å². The molecule has 1 N–H and O–H groups in total. The maximum absolute atomic E-state index is 14.3. The second kappa shape index (κ2) is 6.90. The van der Waals surface area contributed by atoms with Crippen molar-refractivity contribution in [3.63, 3.8) is 0 Å². The van der Waals surface area contributed by atoms with E-state index in [2.05, 4.69) is 15.3 Å². The first-order valence-electron chi connectivity index (χ1n) is 6.29. The molecule has 21 heavy (non-hydrogen) atoms. The van der Waals surface area contributed by atoms with Crippen LogP contribution in [0.2, 0.25) is 0 Å². The molecule has 0 spiro atoms. The number of rotatable bonds is 3. The van der Waals surface area contributed by atoms with Crippen LogP contribution in [0.1, 0.15) is 12.7 Å². The SMILES string of the molecule is CCc1nccn1-c1ccc(N=C(NC#N)SC)cc1F. The van der Waals surface area contributed by atoms with Gasteiger partial charge in [0.25, 0.3) is 0 Å². The van der Waals surface area contributed by atoms with Crippen LogP contribution in [0.15, 0.2) is 35.6 Å². The predicted octanol–water partition coefficient (Wildman–Crippen LogP) is 2.99. The maximum atomic E-state index is 14.3. The number of benzene rings is 1. The number of halogens is 1. The number of imidazole rings is 1. The summed E-state index contributed by atoms with van der Waals surface area (Å²) < 4.78 is 16.0. The van der Waals surface area contributed by atoms with E-state index in [-0.39, 0.29) is 5.82 Å². The average molecular weight is 303 g/mol. The molecule has 0 saturated heterocycles. The Hall–Kier alpha value is -2.33. The minimum absolute atomic E-state index is 0.388. The molecule has 0 aliphatic carbocycles. The summed E-state index contributed by atoms with van der Waals surface area (Å²) in [4.78, 5) is 8.35. The Morgan fingerprint density at radius 1 is 1.57 bits per heavy atom. The van der Waals surface area contributed by atoms with E-state index in [1.807, 2.05) is 6.92 Å². The molecule has 0 radical (unpaired) electrons. The predicted molar refractivity (Wildman–Crippen MR) is 82.3 cm³/mol. The third-order valence-electron chi connectivity index (χ3n) is 2.81. The molecule has 1 heterocycles. The maximum Gasteiger partial charge on any atom is 0.183 e. The van der Waals surface area contributed by atoms with E-state index in [9.17, 15) is 4.39 Å². The van der Waals surface area contributed by atoms with Gasteiger partial charge in [-0.15, -0.1) is 0 Å². The Balaban J connectivity index is 2.36. The largest absolute Gasteiger partial charge is 0.301 e. The summed E-state index contributed by atoms with van der Waals surface area (Å²) in [5, 5.41) is 11.4. The van der Waals surface area contributed by atoms with Crippen LogP contribution in [0.3, 0.4) is 0 Å². The van der Waals surface area contributed by atoms with Crippen molar-refractivity contribution in [2.24, 2.45) is 4.99 Å². The second-order valence-corrected chi connectivity index (χ2v) is 4.86. The standard InChI is InChI=1S/C14H14FN5S/c1-3-13-17-6-7-20(13)12-5-4-10(8-11(12)15)19-14(21-2)18-9-16/h4-8H,3H2,1-2H3,(H,18,19). The van der Waals surface area contributed by atoms with Gasteiger partial charge in [0.1, 0.15) is 11.6 Å². The Kier molecular flexibility index (Phi) is 4.95. The van der Waals surface area contributed by atoms with Gasteiger partial charge in [-0.2, -0.15) is 5.26 Å². The Morgan fingerprint density at radius 2 is 2.38 bits per heavy atom. The first kappa shape index (κ1) is 15.1. The van der Waals surface area contributed by atoms with Crippen LogP contribution in [-0.2, 0) is 6.42 Å². The number of nitrogens with one attached hydrogen (secondary N) is 1. The molecule has 5 nitrogen and oxygen atoms in total. The number of aryl methyl sites for hydroxylation is 1. The van der Waals surface area contributed by atoms with Gasteiger partial charge in [-0.05, 0) is 18.4 Å². The molecule has 0 bridgehead atoms. The van der Waals surface area contributed by atoms with E-state index in [1.165, 1.54) is 17.8 Å². The van der Waals surface area contributed by atoms with E-state index in [0.29, 0.717) is 16.5 Å². The lowest BCUT2D eigenvalue weighted by Gasteiger charge is -2.08. The Morgan fingerprint density at radius 3 is 3.00 bits per heavy atom. The minimum Gasteiger partial charge on any atom is -0.301 e. The fourth-order valence-electron chi connectivity index (χ4n) is 1.87. The molecule has 0 atom stereocenters. The molecule has 1 aromatic heterocycles. The summed E-state index contributed by atoms with van der Waals surface area (Å²) >= 11 is 1.28. The summed E-state index contributed by atoms with van der Waals surface area (Å²) in [6.45, 7) is 1.97. The minimum atomic E-state index is -0.388. The third-order valence-corrected chi connectivity index (χ3v) is 3.39. The quantitative estimate of drug-likeness (QED) is 0.410. The van der Waals surface area contributed by atoms with Gasteiger partial charge < -0.3 is 4.57 Å². The van der Waals surface area contributed by atoms with Crippen molar-refractivity contribution in [3.8, 4) is 11.9 Å². The van der Waals surface area contributed by atoms with Crippen LogP contribution < -0.4 is 5.32 Å². The van der Waals surface area contributed by atoms with Gasteiger partial charge >= 0.3 is 0 Å². The topological polar surface area (TPSA) is 66.0 Å². The van der Waals surface area contributed by atoms with Crippen LogP contribution in [0.4, 0.5) is 10.1 Å². The number of nitrogens with zero attached hydrogens (tertiary/aromatic N) is 4. The number of aromatic nitrogens is 2. The molecule has 2 rings (SSSR count). The van der Waals surface area contributed by atoms with Crippen molar-refractivity contribution in [1.29, 1.82) is 5.26 Å². The number of thioether (sulfide) groups is 1. The zero-order valence-electron chi connectivity index (χ0n) is 11.7. The lowest BCUT2D eigenvalue weighted by Crippen LogP contribution is -2.12. The molecule has 0 amide bonds. The van der Waals surface area contributed by atoms with E-state index < -0.39 is 0 Å². The van der Waals surface area contributed by atoms with Gasteiger partial charge in [-0.3, -0.25) is 5.32 Å². The van der Waals surface area contributed by atoms with Crippen molar-refractivity contribution in [3.05, 3.63) is 42.2 Å². The van der Waals surface area contributed by atoms with Gasteiger partial charge in [0, 0.05) is 24.9 Å². The van der Waals surface area contributed by atoms with E-state index in [4.69, 9.17) is 5.26 Å². The molecule has 2 aromatic rings. The monoisotopic (exact) mass is 303 g/mol. The van der Waals surface area contributed by atoms with Crippen LogP contribution in [-0.4, -0.2) is 21.0 Å². The molecule has 108 valence electrons. The zero-order chi connectivity index (χ0) is 15.2. The molecule has 0 unspecified atom stereocenters. The molecule has 1 aromatic carbocycles. The Bertz CT molecular complexity index is 702. The molecule has 0 aliphatic rings. The molecule has 0 saturated carbocycles. The van der Waals surface area contributed by atoms with Crippen molar-refractivity contribution in [1.82, 2.24) is 14.9 Å². The van der Waals surface area contributed by atoms with Crippen LogP contribution >= 0.6 is 11.8 Å². The molecular weight excluding hydrogens is 289 g/mol. The lowest BCUT2D eigenvalue weighted by molar-refractivity contribution is 0.615. The van der Waals surface area contributed by atoms with Gasteiger partial charge in [0.2, 0.25) is 0 Å². The summed E-state index contributed by atoms with van der Waals surface area (Å²) in [6, 6.07) is 4.69. The van der Waals surface area contributed by atoms with E-state index in [1.54, 1.807) is 41.5 Å². The normalized spacial score (nSPS) is 11.2. The average Bonchev–Trinajstić information content (AvgIpc) is 2.95. The number of amidine groups is 1. The van der Waals surface area contributed by atoms with Crippen LogP contribution in [0.5, 0.6) is 0 Å². The fraction of sp³-hybridized carbons (Fsp3) is 0.214. The summed E-state index contributed by atoms with van der Waals surface area (Å²) in [7, 11) is 0. The number of aliphatic imine (C=N–C) groups is 1.